The molecular formula is C19H16FN3O2. The molecule has 0 saturated carbocycles. The summed E-state index contributed by atoms with van der Waals surface area (Å²) in [6.45, 7) is 1.10. The lowest BCUT2D eigenvalue weighted by Crippen LogP contribution is -2.24. The summed E-state index contributed by atoms with van der Waals surface area (Å²) in [7, 11) is 0. The van der Waals surface area contributed by atoms with Crippen molar-refractivity contribution in [1.29, 1.82) is 0 Å². The predicted octanol–water partition coefficient (Wildman–Crippen LogP) is 3.39. The van der Waals surface area contributed by atoms with Crippen LogP contribution in [0.25, 0.3) is 11.5 Å². The molecule has 0 aliphatic carbocycles. The molecule has 4 rings (SSSR count). The van der Waals surface area contributed by atoms with Crippen molar-refractivity contribution in [2.75, 3.05) is 6.54 Å². The molecule has 0 bridgehead atoms. The van der Waals surface area contributed by atoms with Crippen molar-refractivity contribution < 1.29 is 13.7 Å². The summed E-state index contributed by atoms with van der Waals surface area (Å²) in [6, 6.07) is 16.1. The van der Waals surface area contributed by atoms with E-state index in [1.165, 1.54) is 6.07 Å². The third kappa shape index (κ3) is 3.15. The Morgan fingerprint density at radius 1 is 1.12 bits per heavy atom. The fourth-order valence-electron chi connectivity index (χ4n) is 3.05. The topological polar surface area (TPSA) is 59.2 Å². The van der Waals surface area contributed by atoms with Crippen molar-refractivity contribution >= 4 is 5.91 Å². The Labute approximate surface area is 144 Å². The zero-order valence-electron chi connectivity index (χ0n) is 13.4. The van der Waals surface area contributed by atoms with Crippen LogP contribution in [-0.2, 0) is 11.3 Å². The number of nitrogens with zero attached hydrogens (tertiary/aromatic N) is 3. The Morgan fingerprint density at radius 2 is 1.88 bits per heavy atom. The molecule has 2 aromatic carbocycles. The molecule has 1 atom stereocenters. The smallest absolute Gasteiger partial charge is 0.260 e. The third-order valence-electron chi connectivity index (χ3n) is 4.34. The van der Waals surface area contributed by atoms with Gasteiger partial charge in [-0.1, -0.05) is 47.6 Å². The molecule has 6 heteroatoms. The van der Waals surface area contributed by atoms with Crippen molar-refractivity contribution in [3.63, 3.8) is 0 Å². The highest BCUT2D eigenvalue weighted by molar-refractivity contribution is 5.79. The van der Waals surface area contributed by atoms with E-state index in [1.54, 1.807) is 23.1 Å². The second-order valence-corrected chi connectivity index (χ2v) is 6.10. The lowest BCUT2D eigenvalue weighted by atomic mass is 10.1. The molecule has 1 amide bonds. The summed E-state index contributed by atoms with van der Waals surface area (Å²) >= 11 is 0. The summed E-state index contributed by atoms with van der Waals surface area (Å²) in [6.07, 6.45) is 0.336. The van der Waals surface area contributed by atoms with Gasteiger partial charge in [-0.15, -0.1) is 0 Å². The molecule has 3 aromatic rings. The van der Waals surface area contributed by atoms with E-state index < -0.39 is 5.82 Å². The van der Waals surface area contributed by atoms with Gasteiger partial charge in [0.05, 0.1) is 5.56 Å². The minimum atomic E-state index is -0.411. The zero-order valence-corrected chi connectivity index (χ0v) is 13.4. The minimum Gasteiger partial charge on any atom is -0.338 e. The Kier molecular flexibility index (Phi) is 4.01. The summed E-state index contributed by atoms with van der Waals surface area (Å²) < 4.78 is 19.0. The number of hydrogen-bond donors (Lipinski definition) is 0. The molecule has 25 heavy (non-hydrogen) atoms. The first-order valence-corrected chi connectivity index (χ1v) is 8.11. The number of carbonyl (C=O) groups is 1. The molecule has 0 spiro atoms. The van der Waals surface area contributed by atoms with Crippen LogP contribution in [0.5, 0.6) is 0 Å². The van der Waals surface area contributed by atoms with Crippen LogP contribution in [0.2, 0.25) is 0 Å². The van der Waals surface area contributed by atoms with Crippen LogP contribution in [0.1, 0.15) is 23.7 Å². The average Bonchev–Trinajstić information content (AvgIpc) is 3.24. The molecule has 5 nitrogen and oxygen atoms in total. The van der Waals surface area contributed by atoms with Crippen LogP contribution >= 0.6 is 0 Å². The Bertz CT molecular complexity index is 894. The first-order chi connectivity index (χ1) is 12.2. The van der Waals surface area contributed by atoms with Gasteiger partial charge in [0.15, 0.2) is 5.82 Å². The molecule has 1 aliphatic heterocycles. The normalized spacial score (nSPS) is 17.2. The molecule has 126 valence electrons. The van der Waals surface area contributed by atoms with E-state index in [0.717, 1.165) is 5.56 Å². The average molecular weight is 337 g/mol. The summed E-state index contributed by atoms with van der Waals surface area (Å²) in [5, 5.41) is 3.96. The number of hydrogen-bond acceptors (Lipinski definition) is 4. The van der Waals surface area contributed by atoms with Gasteiger partial charge in [0.1, 0.15) is 5.82 Å². The van der Waals surface area contributed by atoms with Gasteiger partial charge in [-0.25, -0.2) is 4.39 Å². The fourth-order valence-corrected chi connectivity index (χ4v) is 3.05. The van der Waals surface area contributed by atoms with Gasteiger partial charge in [-0.2, -0.15) is 4.98 Å². The molecule has 0 radical (unpaired) electrons. The third-order valence-corrected chi connectivity index (χ3v) is 4.34. The molecule has 1 fully saturated rings. The standard InChI is InChI=1S/C19H16FN3O2/c20-16-9-5-4-8-15(16)19-21-18(22-25-19)14-10-17(24)23(12-14)11-13-6-2-1-3-7-13/h1-9,14H,10-12H2. The maximum Gasteiger partial charge on any atom is 0.260 e. The van der Waals surface area contributed by atoms with Gasteiger partial charge in [0.25, 0.3) is 5.89 Å². The quantitative estimate of drug-likeness (QED) is 0.732. The molecular weight excluding hydrogens is 321 g/mol. The second-order valence-electron chi connectivity index (χ2n) is 6.10. The second kappa shape index (κ2) is 6.47. The molecule has 2 heterocycles. The zero-order chi connectivity index (χ0) is 17.2. The summed E-state index contributed by atoms with van der Waals surface area (Å²) in [5.74, 6) is 0.0988. The minimum absolute atomic E-state index is 0.0612. The van der Waals surface area contributed by atoms with E-state index in [4.69, 9.17) is 4.52 Å². The van der Waals surface area contributed by atoms with Gasteiger partial charge < -0.3 is 9.42 Å². The fraction of sp³-hybridized carbons (Fsp3) is 0.211. The largest absolute Gasteiger partial charge is 0.338 e. The van der Waals surface area contributed by atoms with Crippen LogP contribution in [0.15, 0.2) is 59.1 Å². The maximum atomic E-state index is 13.8. The number of amides is 1. The number of likely N-dealkylation sites (tertiary alicyclic amines) is 1. The van der Waals surface area contributed by atoms with E-state index in [-0.39, 0.29) is 23.3 Å². The molecule has 0 N–H and O–H groups in total. The van der Waals surface area contributed by atoms with Gasteiger partial charge in [-0.05, 0) is 17.7 Å². The van der Waals surface area contributed by atoms with Crippen LogP contribution in [0.3, 0.4) is 0 Å². The SMILES string of the molecule is O=C1CC(c2noc(-c3ccccc3F)n2)CN1Cc1ccccc1. The van der Waals surface area contributed by atoms with Gasteiger partial charge in [0, 0.05) is 25.4 Å². The first-order valence-electron chi connectivity index (χ1n) is 8.11. The van der Waals surface area contributed by atoms with Crippen molar-refractivity contribution in [2.45, 2.75) is 18.9 Å². The highest BCUT2D eigenvalue weighted by Gasteiger charge is 2.33. The van der Waals surface area contributed by atoms with E-state index in [9.17, 15) is 9.18 Å². The molecule has 1 aromatic heterocycles. The molecule has 1 unspecified atom stereocenters. The van der Waals surface area contributed by atoms with E-state index in [0.29, 0.717) is 25.3 Å². The van der Waals surface area contributed by atoms with E-state index >= 15 is 0 Å². The molecule has 1 saturated heterocycles. The van der Waals surface area contributed by atoms with Crippen LogP contribution in [0.4, 0.5) is 4.39 Å². The van der Waals surface area contributed by atoms with Crippen LogP contribution < -0.4 is 0 Å². The van der Waals surface area contributed by atoms with Crippen LogP contribution in [-0.4, -0.2) is 27.5 Å². The summed E-state index contributed by atoms with van der Waals surface area (Å²) in [4.78, 5) is 18.4. The summed E-state index contributed by atoms with van der Waals surface area (Å²) in [5.41, 5.74) is 1.35. The van der Waals surface area contributed by atoms with E-state index in [2.05, 4.69) is 10.1 Å². The van der Waals surface area contributed by atoms with Gasteiger partial charge in [-0.3, -0.25) is 4.79 Å². The number of rotatable bonds is 4. The van der Waals surface area contributed by atoms with Gasteiger partial charge >= 0.3 is 0 Å². The van der Waals surface area contributed by atoms with Crippen molar-refractivity contribution in [3.05, 3.63) is 71.8 Å². The highest BCUT2D eigenvalue weighted by atomic mass is 19.1. The molecule has 1 aliphatic rings. The monoisotopic (exact) mass is 337 g/mol. The van der Waals surface area contributed by atoms with Crippen LogP contribution in [0, 0.1) is 5.82 Å². The number of halogens is 1. The Balaban J connectivity index is 1.50. The van der Waals surface area contributed by atoms with Crippen molar-refractivity contribution in [3.8, 4) is 11.5 Å². The van der Waals surface area contributed by atoms with Crippen molar-refractivity contribution in [2.24, 2.45) is 0 Å². The number of aromatic nitrogens is 2. The van der Waals surface area contributed by atoms with Gasteiger partial charge in [0.2, 0.25) is 5.91 Å². The van der Waals surface area contributed by atoms with Crippen molar-refractivity contribution in [1.82, 2.24) is 15.0 Å². The van der Waals surface area contributed by atoms with E-state index in [1.807, 2.05) is 30.3 Å². The number of carbonyl (C=O) groups excluding carboxylic acids is 1. The first kappa shape index (κ1) is 15.5. The maximum absolute atomic E-state index is 13.8. The Hall–Kier alpha value is -3.02. The Morgan fingerprint density at radius 3 is 2.68 bits per heavy atom. The number of benzene rings is 2. The predicted molar refractivity (Wildman–Crippen MR) is 88.9 cm³/mol. The highest BCUT2D eigenvalue weighted by Crippen LogP contribution is 2.29. The lowest BCUT2D eigenvalue weighted by Gasteiger charge is -2.15. The lowest BCUT2D eigenvalue weighted by molar-refractivity contribution is -0.128.